The SMILES string of the molecule is COc1cncc(CC(C)(C)C)c1Br. The Labute approximate surface area is 93.8 Å². The van der Waals surface area contributed by atoms with Gasteiger partial charge in [-0.05, 0) is 33.3 Å². The normalized spacial score (nSPS) is 11.5. The Kier molecular flexibility index (Phi) is 3.53. The number of hydrogen-bond donors (Lipinski definition) is 0. The van der Waals surface area contributed by atoms with Crippen molar-refractivity contribution >= 4 is 15.9 Å². The van der Waals surface area contributed by atoms with Crippen LogP contribution in [-0.4, -0.2) is 12.1 Å². The van der Waals surface area contributed by atoms with E-state index in [1.54, 1.807) is 13.3 Å². The highest BCUT2D eigenvalue weighted by Crippen LogP contribution is 2.31. The first-order chi connectivity index (χ1) is 6.44. The average molecular weight is 258 g/mol. The lowest BCUT2D eigenvalue weighted by atomic mass is 9.89. The third-order valence-electron chi connectivity index (χ3n) is 1.86. The summed E-state index contributed by atoms with van der Waals surface area (Å²) in [7, 11) is 1.66. The minimum atomic E-state index is 0.260. The molecule has 0 unspecified atom stereocenters. The van der Waals surface area contributed by atoms with Crippen molar-refractivity contribution in [1.29, 1.82) is 0 Å². The first-order valence-electron chi connectivity index (χ1n) is 4.60. The summed E-state index contributed by atoms with van der Waals surface area (Å²) in [6, 6.07) is 0. The highest BCUT2D eigenvalue weighted by atomic mass is 79.9. The maximum absolute atomic E-state index is 5.19. The summed E-state index contributed by atoms with van der Waals surface area (Å²) in [6.07, 6.45) is 4.59. The van der Waals surface area contributed by atoms with Gasteiger partial charge in [-0.1, -0.05) is 20.8 Å². The largest absolute Gasteiger partial charge is 0.494 e. The van der Waals surface area contributed by atoms with Gasteiger partial charge in [0.1, 0.15) is 0 Å². The fourth-order valence-electron chi connectivity index (χ4n) is 1.30. The van der Waals surface area contributed by atoms with Crippen molar-refractivity contribution in [3.05, 3.63) is 22.4 Å². The van der Waals surface area contributed by atoms with E-state index >= 15 is 0 Å². The Balaban J connectivity index is 2.98. The monoisotopic (exact) mass is 257 g/mol. The van der Waals surface area contributed by atoms with Gasteiger partial charge in [-0.25, -0.2) is 0 Å². The van der Waals surface area contributed by atoms with Crippen molar-refractivity contribution in [1.82, 2.24) is 4.98 Å². The summed E-state index contributed by atoms with van der Waals surface area (Å²) in [4.78, 5) is 4.15. The molecule has 1 aromatic heterocycles. The molecule has 3 heteroatoms. The topological polar surface area (TPSA) is 22.1 Å². The molecule has 0 bridgehead atoms. The molecule has 0 aliphatic heterocycles. The number of methoxy groups -OCH3 is 1. The second-order valence-electron chi connectivity index (χ2n) is 4.55. The molecule has 0 amide bonds. The van der Waals surface area contributed by atoms with Crippen LogP contribution in [0, 0.1) is 5.41 Å². The minimum absolute atomic E-state index is 0.260. The average Bonchev–Trinajstić information content (AvgIpc) is 2.06. The van der Waals surface area contributed by atoms with Crippen LogP contribution < -0.4 is 4.74 Å². The zero-order chi connectivity index (χ0) is 10.8. The predicted molar refractivity (Wildman–Crippen MR) is 61.6 cm³/mol. The Bertz CT molecular complexity index is 318. The molecule has 78 valence electrons. The molecular formula is C11H16BrNO. The van der Waals surface area contributed by atoms with Crippen molar-refractivity contribution in [2.75, 3.05) is 7.11 Å². The first kappa shape index (κ1) is 11.5. The first-order valence-corrected chi connectivity index (χ1v) is 5.40. The Morgan fingerprint density at radius 3 is 2.50 bits per heavy atom. The second kappa shape index (κ2) is 4.30. The van der Waals surface area contributed by atoms with E-state index in [1.807, 2.05) is 6.20 Å². The Morgan fingerprint density at radius 2 is 2.00 bits per heavy atom. The lowest BCUT2D eigenvalue weighted by Crippen LogP contribution is -2.10. The van der Waals surface area contributed by atoms with Crippen molar-refractivity contribution in [3.8, 4) is 5.75 Å². The van der Waals surface area contributed by atoms with E-state index < -0.39 is 0 Å². The molecule has 2 nitrogen and oxygen atoms in total. The molecule has 0 spiro atoms. The highest BCUT2D eigenvalue weighted by Gasteiger charge is 2.15. The molecule has 0 saturated heterocycles. The minimum Gasteiger partial charge on any atom is -0.494 e. The molecule has 0 N–H and O–H groups in total. The van der Waals surface area contributed by atoms with E-state index in [4.69, 9.17) is 4.74 Å². The lowest BCUT2D eigenvalue weighted by molar-refractivity contribution is 0.397. The molecule has 1 aromatic rings. The number of hydrogen-bond acceptors (Lipinski definition) is 2. The summed E-state index contributed by atoms with van der Waals surface area (Å²) in [5.74, 6) is 0.798. The van der Waals surface area contributed by atoms with Gasteiger partial charge in [-0.3, -0.25) is 4.98 Å². The molecule has 0 fully saturated rings. The third-order valence-corrected chi connectivity index (χ3v) is 2.76. The van der Waals surface area contributed by atoms with E-state index in [0.717, 1.165) is 16.6 Å². The summed E-state index contributed by atoms with van der Waals surface area (Å²) in [6.45, 7) is 6.62. The van der Waals surface area contributed by atoms with Gasteiger partial charge in [-0.2, -0.15) is 0 Å². The summed E-state index contributed by atoms with van der Waals surface area (Å²) >= 11 is 3.53. The maximum Gasteiger partial charge on any atom is 0.151 e. The van der Waals surface area contributed by atoms with Gasteiger partial charge in [0.05, 0.1) is 17.8 Å². The zero-order valence-electron chi connectivity index (χ0n) is 9.10. The molecule has 14 heavy (non-hydrogen) atoms. The van der Waals surface area contributed by atoms with Gasteiger partial charge in [0, 0.05) is 6.20 Å². The van der Waals surface area contributed by atoms with Crippen LogP contribution in [0.4, 0.5) is 0 Å². The molecule has 0 aliphatic rings. The molecular weight excluding hydrogens is 242 g/mol. The van der Waals surface area contributed by atoms with Crippen LogP contribution in [0.5, 0.6) is 5.75 Å². The van der Waals surface area contributed by atoms with Crippen molar-refractivity contribution < 1.29 is 4.74 Å². The van der Waals surface area contributed by atoms with Crippen LogP contribution in [0.3, 0.4) is 0 Å². The molecule has 0 aliphatic carbocycles. The summed E-state index contributed by atoms with van der Waals surface area (Å²) in [5, 5.41) is 0. The number of pyridine rings is 1. The van der Waals surface area contributed by atoms with Crippen LogP contribution in [0.1, 0.15) is 26.3 Å². The molecule has 0 saturated carbocycles. The van der Waals surface area contributed by atoms with Crippen LogP contribution in [-0.2, 0) is 6.42 Å². The summed E-state index contributed by atoms with van der Waals surface area (Å²) in [5.41, 5.74) is 1.45. The van der Waals surface area contributed by atoms with Crippen LogP contribution >= 0.6 is 15.9 Å². The number of nitrogens with zero attached hydrogens (tertiary/aromatic N) is 1. The van der Waals surface area contributed by atoms with Crippen LogP contribution in [0.2, 0.25) is 0 Å². The zero-order valence-corrected chi connectivity index (χ0v) is 10.7. The van der Waals surface area contributed by atoms with Gasteiger partial charge in [0.15, 0.2) is 5.75 Å². The standard InChI is InChI=1S/C11H16BrNO/c1-11(2,3)5-8-6-13-7-9(14-4)10(8)12/h6-7H,5H2,1-4H3. The smallest absolute Gasteiger partial charge is 0.151 e. The van der Waals surface area contributed by atoms with Gasteiger partial charge in [0.25, 0.3) is 0 Å². The predicted octanol–water partition coefficient (Wildman–Crippen LogP) is 3.44. The summed E-state index contributed by atoms with van der Waals surface area (Å²) < 4.78 is 6.21. The number of rotatable bonds is 2. The Morgan fingerprint density at radius 1 is 1.36 bits per heavy atom. The molecule has 0 radical (unpaired) electrons. The molecule has 0 atom stereocenters. The molecule has 1 heterocycles. The number of aromatic nitrogens is 1. The van der Waals surface area contributed by atoms with E-state index in [1.165, 1.54) is 5.56 Å². The quantitative estimate of drug-likeness (QED) is 0.810. The van der Waals surface area contributed by atoms with Crippen LogP contribution in [0.25, 0.3) is 0 Å². The fourth-order valence-corrected chi connectivity index (χ4v) is 1.81. The van der Waals surface area contributed by atoms with Gasteiger partial charge in [0.2, 0.25) is 0 Å². The van der Waals surface area contributed by atoms with E-state index in [2.05, 4.69) is 41.7 Å². The molecule has 0 aromatic carbocycles. The Hall–Kier alpha value is -0.570. The maximum atomic E-state index is 5.19. The second-order valence-corrected chi connectivity index (χ2v) is 5.35. The van der Waals surface area contributed by atoms with Crippen molar-refractivity contribution in [2.45, 2.75) is 27.2 Å². The fraction of sp³-hybridized carbons (Fsp3) is 0.545. The van der Waals surface area contributed by atoms with Crippen molar-refractivity contribution in [2.24, 2.45) is 5.41 Å². The van der Waals surface area contributed by atoms with Gasteiger partial charge < -0.3 is 4.74 Å². The number of ether oxygens (including phenoxy) is 1. The lowest BCUT2D eigenvalue weighted by Gasteiger charge is -2.19. The van der Waals surface area contributed by atoms with E-state index in [0.29, 0.717) is 0 Å². The van der Waals surface area contributed by atoms with E-state index in [9.17, 15) is 0 Å². The van der Waals surface area contributed by atoms with Crippen molar-refractivity contribution in [3.63, 3.8) is 0 Å². The number of halogens is 1. The molecule has 1 rings (SSSR count). The third kappa shape index (κ3) is 2.98. The van der Waals surface area contributed by atoms with E-state index in [-0.39, 0.29) is 5.41 Å². The van der Waals surface area contributed by atoms with Gasteiger partial charge >= 0.3 is 0 Å². The van der Waals surface area contributed by atoms with Gasteiger partial charge in [-0.15, -0.1) is 0 Å². The van der Waals surface area contributed by atoms with Crippen LogP contribution in [0.15, 0.2) is 16.9 Å². The highest BCUT2D eigenvalue weighted by molar-refractivity contribution is 9.10.